The third-order valence-electron chi connectivity index (χ3n) is 4.35. The van der Waals surface area contributed by atoms with E-state index in [2.05, 4.69) is 48.9 Å². The Balaban J connectivity index is 2.07. The molecular formula is C23H24N2S. The summed E-state index contributed by atoms with van der Waals surface area (Å²) in [4.78, 5) is 8.88. The molecule has 0 amide bonds. The lowest BCUT2D eigenvalue weighted by molar-refractivity contribution is 0.413. The molecule has 0 fully saturated rings. The van der Waals surface area contributed by atoms with Crippen LogP contribution in [0.15, 0.2) is 42.7 Å². The molecule has 0 bridgehead atoms. The van der Waals surface area contributed by atoms with E-state index < -0.39 is 0 Å². The van der Waals surface area contributed by atoms with Crippen molar-refractivity contribution in [2.24, 2.45) is 5.41 Å². The van der Waals surface area contributed by atoms with Crippen LogP contribution in [0.25, 0.3) is 31.6 Å². The summed E-state index contributed by atoms with van der Waals surface area (Å²) < 4.78 is 27.0. The van der Waals surface area contributed by atoms with E-state index >= 15 is 0 Å². The smallest absolute Gasteiger partial charge is 0.116 e. The average Bonchev–Trinajstić information content (AvgIpc) is 3.01. The van der Waals surface area contributed by atoms with E-state index in [0.717, 1.165) is 27.6 Å². The van der Waals surface area contributed by atoms with Crippen molar-refractivity contribution < 1.29 is 4.11 Å². The number of nitrogens with zero attached hydrogens (tertiary/aromatic N) is 2. The lowest BCUT2D eigenvalue weighted by Gasteiger charge is -2.18. The molecular weight excluding hydrogens is 336 g/mol. The molecule has 0 atom stereocenters. The van der Waals surface area contributed by atoms with E-state index in [1.54, 1.807) is 18.3 Å². The van der Waals surface area contributed by atoms with Gasteiger partial charge in [-0.3, -0.25) is 0 Å². The normalized spacial score (nSPS) is 13.8. The average molecular weight is 364 g/mol. The minimum Gasteiger partial charge on any atom is -0.235 e. The first kappa shape index (κ1) is 13.9. The molecule has 4 rings (SSSR count). The number of rotatable bonds is 2. The van der Waals surface area contributed by atoms with Gasteiger partial charge in [0.25, 0.3) is 0 Å². The third kappa shape index (κ3) is 3.12. The van der Waals surface area contributed by atoms with E-state index in [1.807, 2.05) is 13.0 Å². The first-order chi connectivity index (χ1) is 13.6. The number of aromatic nitrogens is 2. The number of aryl methyl sites for hydroxylation is 1. The van der Waals surface area contributed by atoms with E-state index in [0.29, 0.717) is 28.9 Å². The summed E-state index contributed by atoms with van der Waals surface area (Å²) in [5.41, 5.74) is 4.94. The van der Waals surface area contributed by atoms with Gasteiger partial charge in [-0.1, -0.05) is 56.1 Å². The zero-order valence-electron chi connectivity index (χ0n) is 18.8. The Morgan fingerprint density at radius 1 is 1.04 bits per heavy atom. The first-order valence-corrected chi connectivity index (χ1v) is 9.65. The lowest BCUT2D eigenvalue weighted by atomic mass is 9.88. The van der Waals surface area contributed by atoms with E-state index in [1.165, 1.54) is 10.3 Å². The maximum atomic E-state index is 8.57. The lowest BCUT2D eigenvalue weighted by Crippen LogP contribution is -2.08. The van der Waals surface area contributed by atoms with Crippen molar-refractivity contribution in [3.05, 3.63) is 59.3 Å². The van der Waals surface area contributed by atoms with Crippen molar-refractivity contribution in [2.75, 3.05) is 0 Å². The second kappa shape index (κ2) is 6.17. The Morgan fingerprint density at radius 3 is 2.62 bits per heavy atom. The molecule has 0 N–H and O–H groups in total. The summed E-state index contributed by atoms with van der Waals surface area (Å²) in [5, 5.41) is 1.04. The molecule has 2 aromatic carbocycles. The van der Waals surface area contributed by atoms with Gasteiger partial charge < -0.3 is 0 Å². The first-order valence-electron chi connectivity index (χ1n) is 10.3. The molecule has 4 aromatic rings. The summed E-state index contributed by atoms with van der Waals surface area (Å²) in [7, 11) is 0. The van der Waals surface area contributed by atoms with Crippen LogP contribution in [0.1, 0.15) is 41.6 Å². The van der Waals surface area contributed by atoms with Crippen molar-refractivity contribution in [2.45, 2.75) is 41.0 Å². The number of fused-ring (bicyclic) bond motifs is 3. The van der Waals surface area contributed by atoms with Crippen molar-refractivity contribution in [1.82, 2.24) is 9.97 Å². The second-order valence-electron chi connectivity index (χ2n) is 8.10. The van der Waals surface area contributed by atoms with Gasteiger partial charge in [0.05, 0.1) is 18.7 Å². The Hall–Kier alpha value is -2.26. The quantitative estimate of drug-likeness (QED) is 0.395. The van der Waals surface area contributed by atoms with Crippen LogP contribution in [-0.4, -0.2) is 9.97 Å². The Bertz CT molecular complexity index is 1270. The van der Waals surface area contributed by atoms with Gasteiger partial charge in [-0.15, -0.1) is 11.3 Å². The topological polar surface area (TPSA) is 25.8 Å². The fraction of sp³-hybridized carbons (Fsp3) is 0.304. The molecule has 0 aliphatic heterocycles. The molecule has 0 radical (unpaired) electrons. The Kier molecular flexibility index (Phi) is 3.29. The molecule has 2 heterocycles. The van der Waals surface area contributed by atoms with Crippen molar-refractivity contribution in [3.8, 4) is 11.3 Å². The summed E-state index contributed by atoms with van der Waals surface area (Å²) in [6, 6.07) is 8.81. The maximum absolute atomic E-state index is 8.57. The van der Waals surface area contributed by atoms with Gasteiger partial charge in [0.1, 0.15) is 7.67 Å². The van der Waals surface area contributed by atoms with Crippen LogP contribution in [0.2, 0.25) is 0 Å². The van der Waals surface area contributed by atoms with Gasteiger partial charge in [-0.2, -0.15) is 0 Å². The summed E-state index contributed by atoms with van der Waals surface area (Å²) in [6.45, 7) is 10.4. The van der Waals surface area contributed by atoms with Crippen LogP contribution < -0.4 is 0 Å². The van der Waals surface area contributed by atoms with Crippen LogP contribution in [0.3, 0.4) is 0 Å². The van der Waals surface area contributed by atoms with Crippen LogP contribution >= 0.6 is 11.3 Å². The van der Waals surface area contributed by atoms with Gasteiger partial charge in [0.15, 0.2) is 0 Å². The molecule has 2 aromatic heterocycles. The molecule has 0 unspecified atom stereocenters. The monoisotopic (exact) mass is 363 g/mol. The fourth-order valence-corrected chi connectivity index (χ4v) is 4.70. The maximum Gasteiger partial charge on any atom is 0.116 e. The van der Waals surface area contributed by atoms with Crippen LogP contribution in [0, 0.1) is 19.3 Å². The summed E-state index contributed by atoms with van der Waals surface area (Å²) >= 11 is 1.65. The predicted octanol–water partition coefficient (Wildman–Crippen LogP) is 6.72. The number of thiophene rings is 1. The Morgan fingerprint density at radius 2 is 1.85 bits per heavy atom. The predicted molar refractivity (Wildman–Crippen MR) is 113 cm³/mol. The number of benzene rings is 2. The molecule has 0 saturated carbocycles. The van der Waals surface area contributed by atoms with Gasteiger partial charge in [0, 0.05) is 15.6 Å². The minimum atomic E-state index is -0.0434. The van der Waals surface area contributed by atoms with E-state index in [-0.39, 0.29) is 11.7 Å². The molecule has 0 spiro atoms. The highest BCUT2D eigenvalue weighted by molar-refractivity contribution is 7.26. The SMILES string of the molecule is [2H]c1nc(-c2cc(C)c([2H])c(C)c2[2H])c2sc3c(CC(C)(C)C)cccc3c2n1. The highest BCUT2D eigenvalue weighted by Crippen LogP contribution is 2.40. The molecule has 0 aliphatic carbocycles. The van der Waals surface area contributed by atoms with Gasteiger partial charge in [-0.05, 0) is 43.4 Å². The third-order valence-corrected chi connectivity index (χ3v) is 5.63. The second-order valence-corrected chi connectivity index (χ2v) is 9.12. The Labute approximate surface area is 163 Å². The molecule has 3 heteroatoms. The van der Waals surface area contributed by atoms with Crippen LogP contribution in [0.4, 0.5) is 0 Å². The molecule has 0 aliphatic rings. The van der Waals surface area contributed by atoms with Crippen molar-refractivity contribution in [1.29, 1.82) is 0 Å². The summed E-state index contributed by atoms with van der Waals surface area (Å²) in [6.07, 6.45) is 0.904. The van der Waals surface area contributed by atoms with Gasteiger partial charge in [0.2, 0.25) is 0 Å². The number of hydrogen-bond donors (Lipinski definition) is 0. The highest BCUT2D eigenvalue weighted by Gasteiger charge is 2.18. The minimum absolute atomic E-state index is 0.0434. The van der Waals surface area contributed by atoms with Crippen LogP contribution in [-0.2, 0) is 6.42 Å². The van der Waals surface area contributed by atoms with Crippen molar-refractivity contribution >= 4 is 31.6 Å². The van der Waals surface area contributed by atoms with Crippen LogP contribution in [0.5, 0.6) is 0 Å². The molecule has 26 heavy (non-hydrogen) atoms. The van der Waals surface area contributed by atoms with Gasteiger partial charge >= 0.3 is 0 Å². The van der Waals surface area contributed by atoms with Crippen molar-refractivity contribution in [3.63, 3.8) is 0 Å². The van der Waals surface area contributed by atoms with E-state index in [9.17, 15) is 0 Å². The number of hydrogen-bond acceptors (Lipinski definition) is 3. The largest absolute Gasteiger partial charge is 0.235 e. The zero-order valence-corrected chi connectivity index (χ0v) is 16.6. The van der Waals surface area contributed by atoms with E-state index in [4.69, 9.17) is 4.11 Å². The molecule has 2 nitrogen and oxygen atoms in total. The summed E-state index contributed by atoms with van der Waals surface area (Å²) in [5.74, 6) is 0. The molecule has 0 saturated heterocycles. The van der Waals surface area contributed by atoms with Gasteiger partial charge in [-0.25, -0.2) is 9.97 Å². The standard InChI is InChI=1S/C23H24N2S/c1-14-9-15(2)11-17(10-14)19-22-20(25-13-24-19)18-8-6-7-16(21(18)26-22)12-23(3,4)5/h6-11,13H,12H2,1-5H3/i9D,10D,13D. The molecule has 132 valence electrons. The zero-order chi connectivity index (χ0) is 21.1. The highest BCUT2D eigenvalue weighted by atomic mass is 32.1. The fourth-order valence-electron chi connectivity index (χ4n) is 3.45.